The molecule has 0 fully saturated rings. The molecule has 3 heterocycles. The second-order valence-corrected chi connectivity index (χ2v) is 8.17. The Labute approximate surface area is 164 Å². The largest absolute Gasteiger partial charge is 0.384 e. The summed E-state index contributed by atoms with van der Waals surface area (Å²) < 4.78 is 14.9. The first-order valence-corrected chi connectivity index (χ1v) is 10.6. The van der Waals surface area contributed by atoms with Crippen molar-refractivity contribution in [1.29, 1.82) is 0 Å². The van der Waals surface area contributed by atoms with Crippen LogP contribution >= 0.6 is 0 Å². The van der Waals surface area contributed by atoms with E-state index in [4.69, 9.17) is 4.98 Å². The number of nitrogens with zero attached hydrogens (tertiary/aromatic N) is 5. The van der Waals surface area contributed by atoms with Gasteiger partial charge in [-0.1, -0.05) is 19.1 Å². The zero-order valence-electron chi connectivity index (χ0n) is 15.8. The zero-order valence-corrected chi connectivity index (χ0v) is 16.6. The smallest absolute Gasteiger partial charge is 0.278 e. The van der Waals surface area contributed by atoms with Gasteiger partial charge in [-0.15, -0.1) is 6.58 Å². The Morgan fingerprint density at radius 3 is 2.86 bits per heavy atom. The molecular formula is C19H21N5O3S. The molecule has 2 atom stereocenters. The van der Waals surface area contributed by atoms with Gasteiger partial charge in [-0.2, -0.15) is 0 Å². The molecule has 1 aliphatic rings. The van der Waals surface area contributed by atoms with Crippen LogP contribution in [-0.2, 0) is 29.4 Å². The fourth-order valence-corrected chi connectivity index (χ4v) is 4.09. The summed E-state index contributed by atoms with van der Waals surface area (Å²) in [4.78, 5) is 26.0. The van der Waals surface area contributed by atoms with Crippen LogP contribution in [0.25, 0.3) is 16.9 Å². The van der Waals surface area contributed by atoms with Gasteiger partial charge in [0.25, 0.3) is 5.56 Å². The summed E-state index contributed by atoms with van der Waals surface area (Å²) in [6.07, 6.45) is 6.44. The first-order valence-electron chi connectivity index (χ1n) is 9.05. The molecular weight excluding hydrogens is 378 g/mol. The maximum Gasteiger partial charge on any atom is 0.278 e. The highest BCUT2D eigenvalue weighted by molar-refractivity contribution is 7.84. The van der Waals surface area contributed by atoms with Crippen molar-refractivity contribution in [2.24, 2.45) is 0 Å². The average Bonchev–Trinajstić information content (AvgIpc) is 3.17. The number of aromatic nitrogens is 5. The molecule has 0 aromatic carbocycles. The number of hydrogen-bond acceptors (Lipinski definition) is 6. The van der Waals surface area contributed by atoms with Crippen LogP contribution in [0.3, 0.4) is 0 Å². The third-order valence-corrected chi connectivity index (χ3v) is 5.94. The molecule has 9 heteroatoms. The van der Waals surface area contributed by atoms with E-state index < -0.39 is 16.4 Å². The average molecular weight is 399 g/mol. The summed E-state index contributed by atoms with van der Waals surface area (Å²) in [6.45, 7) is 5.90. The third kappa shape index (κ3) is 2.73. The Morgan fingerprint density at radius 1 is 1.39 bits per heavy atom. The lowest BCUT2D eigenvalue weighted by Crippen LogP contribution is -2.25. The van der Waals surface area contributed by atoms with E-state index in [0.29, 0.717) is 35.4 Å². The Balaban J connectivity index is 2.03. The monoisotopic (exact) mass is 399 g/mol. The van der Waals surface area contributed by atoms with Crippen molar-refractivity contribution >= 4 is 21.8 Å². The summed E-state index contributed by atoms with van der Waals surface area (Å²) in [5.74, 6) is 0.466. The van der Waals surface area contributed by atoms with Crippen LogP contribution < -0.4 is 5.56 Å². The first-order chi connectivity index (χ1) is 13.4. The van der Waals surface area contributed by atoms with Crippen molar-refractivity contribution < 1.29 is 9.32 Å². The van der Waals surface area contributed by atoms with Gasteiger partial charge in [-0.25, -0.2) is 24.3 Å². The summed E-state index contributed by atoms with van der Waals surface area (Å²) in [5, 5.41) is 11.4. The maximum atomic E-state index is 12.9. The highest BCUT2D eigenvalue weighted by Gasteiger charge is 2.37. The van der Waals surface area contributed by atoms with Crippen LogP contribution in [0.15, 0.2) is 40.9 Å². The Bertz CT molecular complexity index is 1180. The highest BCUT2D eigenvalue weighted by atomic mass is 32.2. The van der Waals surface area contributed by atoms with E-state index in [-0.39, 0.29) is 17.3 Å². The summed E-state index contributed by atoms with van der Waals surface area (Å²) in [7, 11) is -1.39. The Morgan fingerprint density at radius 2 is 2.18 bits per heavy atom. The quantitative estimate of drug-likeness (QED) is 0.514. The molecule has 4 rings (SSSR count). The van der Waals surface area contributed by atoms with Crippen molar-refractivity contribution in [3.63, 3.8) is 0 Å². The molecule has 3 aromatic heterocycles. The molecule has 0 saturated carbocycles. The number of aliphatic hydroxyl groups is 1. The van der Waals surface area contributed by atoms with E-state index in [1.807, 2.05) is 19.1 Å². The fraction of sp³-hybridized carbons (Fsp3) is 0.368. The SMILES string of the molecule is C=CCn1c(=O)c2cnc(S(C)=O)nc2n1-c1ccc2c(n1)[C@](O)(CC)CC2. The molecule has 0 amide bonds. The number of allylic oxidation sites excluding steroid dienone is 1. The van der Waals surface area contributed by atoms with E-state index in [1.54, 1.807) is 10.8 Å². The normalized spacial score (nSPS) is 19.7. The molecule has 1 aliphatic carbocycles. The van der Waals surface area contributed by atoms with E-state index in [1.165, 1.54) is 17.1 Å². The molecule has 8 nitrogen and oxygen atoms in total. The minimum Gasteiger partial charge on any atom is -0.384 e. The number of fused-ring (bicyclic) bond motifs is 2. The van der Waals surface area contributed by atoms with Gasteiger partial charge in [0.05, 0.1) is 23.0 Å². The summed E-state index contributed by atoms with van der Waals surface area (Å²) in [6, 6.07) is 3.74. The van der Waals surface area contributed by atoms with Crippen LogP contribution in [0.4, 0.5) is 0 Å². The standard InChI is InChI=1S/C19H21N5O3S/c1-4-10-23-17(25)13-11-20-18(28(3)27)22-16(13)24(23)14-7-6-12-8-9-19(26,5-2)15(12)21-14/h4,6-7,11,26H,1,5,8-10H2,2-3H3/t19-,28?/m0/s1. The number of aryl methyl sites for hydroxylation is 1. The van der Waals surface area contributed by atoms with E-state index in [2.05, 4.69) is 16.5 Å². The molecule has 1 N–H and O–H groups in total. The molecule has 28 heavy (non-hydrogen) atoms. The molecule has 3 aromatic rings. The van der Waals surface area contributed by atoms with Gasteiger partial charge >= 0.3 is 0 Å². The van der Waals surface area contributed by atoms with Crippen LogP contribution in [0, 0.1) is 0 Å². The minimum atomic E-state index is -1.39. The van der Waals surface area contributed by atoms with Gasteiger partial charge in [-0.05, 0) is 30.9 Å². The topological polar surface area (TPSA) is 103 Å². The van der Waals surface area contributed by atoms with Crippen molar-refractivity contribution in [1.82, 2.24) is 24.3 Å². The van der Waals surface area contributed by atoms with Crippen molar-refractivity contribution in [3.05, 3.63) is 52.6 Å². The summed E-state index contributed by atoms with van der Waals surface area (Å²) >= 11 is 0. The van der Waals surface area contributed by atoms with Gasteiger partial charge in [0.1, 0.15) is 11.0 Å². The molecule has 0 saturated heterocycles. The summed E-state index contributed by atoms with van der Waals surface area (Å²) in [5.41, 5.74) is 0.726. The molecule has 146 valence electrons. The lowest BCUT2D eigenvalue weighted by Gasteiger charge is -2.21. The van der Waals surface area contributed by atoms with Gasteiger partial charge < -0.3 is 5.11 Å². The fourth-order valence-electron chi connectivity index (χ4n) is 3.68. The third-order valence-electron chi connectivity index (χ3n) is 5.23. The number of rotatable bonds is 5. The van der Waals surface area contributed by atoms with E-state index in [0.717, 1.165) is 12.0 Å². The second kappa shape index (κ2) is 6.75. The Hall–Kier alpha value is -2.65. The molecule has 0 radical (unpaired) electrons. The number of pyridine rings is 1. The van der Waals surface area contributed by atoms with Crippen LogP contribution in [-0.4, -0.2) is 39.9 Å². The van der Waals surface area contributed by atoms with E-state index >= 15 is 0 Å². The van der Waals surface area contributed by atoms with Gasteiger partial charge in [0, 0.05) is 12.5 Å². The van der Waals surface area contributed by atoms with Gasteiger partial charge in [0.15, 0.2) is 11.5 Å². The minimum absolute atomic E-state index is 0.142. The van der Waals surface area contributed by atoms with Gasteiger partial charge in [0.2, 0.25) is 5.16 Å². The number of hydrogen-bond donors (Lipinski definition) is 1. The lowest BCUT2D eigenvalue weighted by molar-refractivity contribution is 0.0306. The lowest BCUT2D eigenvalue weighted by atomic mass is 9.98. The van der Waals surface area contributed by atoms with Crippen molar-refractivity contribution in [2.75, 3.05) is 6.26 Å². The van der Waals surface area contributed by atoms with Crippen molar-refractivity contribution in [2.45, 2.75) is 43.5 Å². The molecule has 1 unspecified atom stereocenters. The molecule has 0 spiro atoms. The van der Waals surface area contributed by atoms with Crippen LogP contribution in [0.5, 0.6) is 0 Å². The zero-order chi connectivity index (χ0) is 20.1. The van der Waals surface area contributed by atoms with Crippen LogP contribution in [0.1, 0.15) is 31.0 Å². The first kappa shape index (κ1) is 18.7. The highest BCUT2D eigenvalue weighted by Crippen LogP contribution is 2.38. The van der Waals surface area contributed by atoms with Crippen molar-refractivity contribution in [3.8, 4) is 5.82 Å². The molecule has 0 bridgehead atoms. The van der Waals surface area contributed by atoms with Gasteiger partial charge in [-0.3, -0.25) is 9.00 Å². The Kier molecular flexibility index (Phi) is 4.51. The molecule has 0 aliphatic heterocycles. The van der Waals surface area contributed by atoms with Crippen LogP contribution in [0.2, 0.25) is 0 Å². The van der Waals surface area contributed by atoms with E-state index in [9.17, 15) is 14.1 Å². The maximum absolute atomic E-state index is 12.9. The predicted molar refractivity (Wildman–Crippen MR) is 106 cm³/mol. The second-order valence-electron chi connectivity index (χ2n) is 6.89. The predicted octanol–water partition coefficient (Wildman–Crippen LogP) is 1.44.